The number of nitrogens with zero attached hydrogens (tertiary/aromatic N) is 3. The zero-order valence-electron chi connectivity index (χ0n) is 10.6. The first-order valence-electron chi connectivity index (χ1n) is 6.41. The Bertz CT molecular complexity index is 580. The Morgan fingerprint density at radius 3 is 2.85 bits per heavy atom. The highest BCUT2D eigenvalue weighted by molar-refractivity contribution is 5.48. The molecule has 0 aromatic carbocycles. The van der Waals surface area contributed by atoms with Gasteiger partial charge in [0.2, 0.25) is 0 Å². The van der Waals surface area contributed by atoms with Gasteiger partial charge in [-0.3, -0.25) is 0 Å². The highest BCUT2D eigenvalue weighted by Crippen LogP contribution is 2.29. The fraction of sp³-hybridized carbons (Fsp3) is 0.500. The highest BCUT2D eigenvalue weighted by Gasteiger charge is 2.34. The fourth-order valence-electron chi connectivity index (χ4n) is 2.34. The average molecular weight is 285 g/mol. The number of hydrogen-bond donors (Lipinski definition) is 2. The van der Waals surface area contributed by atoms with E-state index >= 15 is 0 Å². The van der Waals surface area contributed by atoms with Crippen LogP contribution in [0.4, 0.5) is 13.2 Å². The topological polar surface area (TPSA) is 58.5 Å². The van der Waals surface area contributed by atoms with Gasteiger partial charge in [0.1, 0.15) is 5.69 Å². The Labute approximate surface area is 113 Å². The van der Waals surface area contributed by atoms with E-state index in [0.29, 0.717) is 11.7 Å². The van der Waals surface area contributed by atoms with E-state index in [9.17, 15) is 13.2 Å². The maximum absolute atomic E-state index is 12.5. The molecular formula is C12H14F3N5. The number of aromatic nitrogens is 4. The molecule has 0 bridgehead atoms. The van der Waals surface area contributed by atoms with Crippen LogP contribution in [0.5, 0.6) is 0 Å². The molecule has 1 fully saturated rings. The van der Waals surface area contributed by atoms with Gasteiger partial charge in [-0.25, -0.2) is 9.97 Å². The third-order valence-electron chi connectivity index (χ3n) is 3.40. The minimum Gasteiger partial charge on any atom is -0.343 e. The minimum absolute atomic E-state index is 0.139. The van der Waals surface area contributed by atoms with Crippen LogP contribution >= 0.6 is 0 Å². The van der Waals surface area contributed by atoms with E-state index in [0.717, 1.165) is 32.1 Å². The van der Waals surface area contributed by atoms with Crippen molar-refractivity contribution in [1.29, 1.82) is 0 Å². The molecule has 0 amide bonds. The molecular weight excluding hydrogens is 271 g/mol. The van der Waals surface area contributed by atoms with E-state index in [1.54, 1.807) is 12.5 Å². The predicted molar refractivity (Wildman–Crippen MR) is 66.0 cm³/mol. The summed E-state index contributed by atoms with van der Waals surface area (Å²) in [5.74, 6) is 0.139. The molecule has 1 aliphatic heterocycles. The molecule has 0 saturated carbocycles. The number of halogens is 3. The van der Waals surface area contributed by atoms with Crippen molar-refractivity contribution in [1.82, 2.24) is 24.8 Å². The van der Waals surface area contributed by atoms with Crippen molar-refractivity contribution in [2.75, 3.05) is 13.1 Å². The van der Waals surface area contributed by atoms with Gasteiger partial charge in [0.15, 0.2) is 11.5 Å². The van der Waals surface area contributed by atoms with Gasteiger partial charge < -0.3 is 14.9 Å². The van der Waals surface area contributed by atoms with Crippen LogP contribution in [0.3, 0.4) is 0 Å². The van der Waals surface area contributed by atoms with Crippen LogP contribution in [0.15, 0.2) is 18.7 Å². The molecule has 0 radical (unpaired) electrons. The number of aromatic amines is 1. The summed E-state index contributed by atoms with van der Waals surface area (Å²) in [5, 5.41) is 3.29. The number of hydrogen-bond acceptors (Lipinski definition) is 3. The molecule has 2 aromatic heterocycles. The molecule has 0 unspecified atom stereocenters. The van der Waals surface area contributed by atoms with E-state index in [4.69, 9.17) is 0 Å². The number of alkyl halides is 3. The number of imidazole rings is 2. The van der Waals surface area contributed by atoms with Crippen molar-refractivity contribution in [3.05, 3.63) is 24.4 Å². The lowest BCUT2D eigenvalue weighted by Crippen LogP contribution is -2.31. The molecule has 1 atom stereocenters. The standard InChI is InChI=1S/C12H14F3N5/c13-12(14,15)10-5-17-11(19-10)9-6-20(7-18-9)8-2-1-3-16-4-8/h5-8,16H,1-4H2,(H,17,19)/t8-/m0/s1. The van der Waals surface area contributed by atoms with Crippen molar-refractivity contribution in [2.24, 2.45) is 0 Å². The van der Waals surface area contributed by atoms with E-state index in [1.165, 1.54) is 0 Å². The lowest BCUT2D eigenvalue weighted by molar-refractivity contribution is -0.140. The predicted octanol–water partition coefficient (Wildman–Crippen LogP) is 2.22. The fourth-order valence-corrected chi connectivity index (χ4v) is 2.34. The first kappa shape index (κ1) is 13.2. The Morgan fingerprint density at radius 1 is 1.35 bits per heavy atom. The average Bonchev–Trinajstić information content (AvgIpc) is 3.08. The quantitative estimate of drug-likeness (QED) is 0.889. The summed E-state index contributed by atoms with van der Waals surface area (Å²) < 4.78 is 39.4. The van der Waals surface area contributed by atoms with Gasteiger partial charge in [-0.2, -0.15) is 13.2 Å². The van der Waals surface area contributed by atoms with Crippen LogP contribution in [-0.4, -0.2) is 32.6 Å². The van der Waals surface area contributed by atoms with Crippen molar-refractivity contribution >= 4 is 0 Å². The molecule has 3 heterocycles. The lowest BCUT2D eigenvalue weighted by Gasteiger charge is -2.23. The molecule has 5 nitrogen and oxygen atoms in total. The van der Waals surface area contributed by atoms with Gasteiger partial charge in [-0.15, -0.1) is 0 Å². The zero-order valence-corrected chi connectivity index (χ0v) is 10.6. The lowest BCUT2D eigenvalue weighted by atomic mass is 10.1. The van der Waals surface area contributed by atoms with Crippen molar-refractivity contribution in [3.8, 4) is 11.5 Å². The number of piperidine rings is 1. The summed E-state index contributed by atoms with van der Waals surface area (Å²) in [4.78, 5) is 10.2. The van der Waals surface area contributed by atoms with Crippen LogP contribution in [-0.2, 0) is 6.18 Å². The molecule has 0 spiro atoms. The molecule has 1 aliphatic rings. The third kappa shape index (κ3) is 2.55. The normalized spacial score (nSPS) is 20.2. The Hall–Kier alpha value is -1.83. The number of rotatable bonds is 2. The van der Waals surface area contributed by atoms with E-state index in [1.807, 2.05) is 4.57 Å². The van der Waals surface area contributed by atoms with Crippen molar-refractivity contribution < 1.29 is 13.2 Å². The summed E-state index contributed by atoms with van der Waals surface area (Å²) in [6.45, 7) is 1.85. The van der Waals surface area contributed by atoms with Gasteiger partial charge in [-0.1, -0.05) is 0 Å². The number of H-pyrrole nitrogens is 1. The SMILES string of the molecule is FC(F)(F)c1c[nH]c(-c2cn([C@H]3CCCNC3)cn2)n1. The van der Waals surface area contributed by atoms with Crippen molar-refractivity contribution in [3.63, 3.8) is 0 Å². The Balaban J connectivity index is 1.81. The van der Waals surface area contributed by atoms with Gasteiger partial charge in [-0.05, 0) is 19.4 Å². The third-order valence-corrected chi connectivity index (χ3v) is 3.40. The molecule has 1 saturated heterocycles. The van der Waals surface area contributed by atoms with Crippen LogP contribution in [0, 0.1) is 0 Å². The smallest absolute Gasteiger partial charge is 0.343 e. The molecule has 20 heavy (non-hydrogen) atoms. The second kappa shape index (κ2) is 4.93. The molecule has 8 heteroatoms. The van der Waals surface area contributed by atoms with Gasteiger partial charge in [0.25, 0.3) is 0 Å². The number of nitrogens with one attached hydrogen (secondary N) is 2. The summed E-state index contributed by atoms with van der Waals surface area (Å²) >= 11 is 0. The first-order chi connectivity index (χ1) is 9.54. The van der Waals surface area contributed by atoms with Gasteiger partial charge >= 0.3 is 6.18 Å². The molecule has 108 valence electrons. The Kier molecular flexibility index (Phi) is 3.25. The Morgan fingerprint density at radius 2 is 2.20 bits per heavy atom. The van der Waals surface area contributed by atoms with Crippen LogP contribution in [0.1, 0.15) is 24.6 Å². The maximum Gasteiger partial charge on any atom is 0.434 e. The monoisotopic (exact) mass is 285 g/mol. The zero-order chi connectivity index (χ0) is 14.2. The van der Waals surface area contributed by atoms with E-state index in [2.05, 4.69) is 20.3 Å². The second-order valence-electron chi connectivity index (χ2n) is 4.84. The molecule has 2 aromatic rings. The summed E-state index contributed by atoms with van der Waals surface area (Å²) in [7, 11) is 0. The second-order valence-corrected chi connectivity index (χ2v) is 4.84. The van der Waals surface area contributed by atoms with Gasteiger partial charge in [0, 0.05) is 25.0 Å². The minimum atomic E-state index is -4.44. The van der Waals surface area contributed by atoms with Gasteiger partial charge in [0.05, 0.1) is 6.33 Å². The summed E-state index contributed by atoms with van der Waals surface area (Å²) in [6.07, 6.45) is 1.91. The highest BCUT2D eigenvalue weighted by atomic mass is 19.4. The van der Waals surface area contributed by atoms with Crippen molar-refractivity contribution in [2.45, 2.75) is 25.1 Å². The maximum atomic E-state index is 12.5. The van der Waals surface area contributed by atoms with E-state index < -0.39 is 11.9 Å². The summed E-state index contributed by atoms with van der Waals surface area (Å²) in [5.41, 5.74) is -0.507. The first-order valence-corrected chi connectivity index (χ1v) is 6.41. The molecule has 0 aliphatic carbocycles. The summed E-state index contributed by atoms with van der Waals surface area (Å²) in [6, 6.07) is 0.294. The molecule has 3 rings (SSSR count). The van der Waals surface area contributed by atoms with Crippen LogP contribution in [0.2, 0.25) is 0 Å². The van der Waals surface area contributed by atoms with Crippen LogP contribution < -0.4 is 5.32 Å². The molecule has 2 N–H and O–H groups in total. The largest absolute Gasteiger partial charge is 0.434 e. The van der Waals surface area contributed by atoms with Crippen LogP contribution in [0.25, 0.3) is 11.5 Å². The van der Waals surface area contributed by atoms with E-state index in [-0.39, 0.29) is 5.82 Å².